The Balaban J connectivity index is 2.19. The summed E-state index contributed by atoms with van der Waals surface area (Å²) in [6.45, 7) is 4.85. The second kappa shape index (κ2) is 7.58. The molecule has 0 aromatic rings. The Labute approximate surface area is 93.6 Å². The highest BCUT2D eigenvalue weighted by Gasteiger charge is 2.13. The highest BCUT2D eigenvalue weighted by Crippen LogP contribution is 2.21. The van der Waals surface area contributed by atoms with Gasteiger partial charge < -0.3 is 4.90 Å². The van der Waals surface area contributed by atoms with Crippen molar-refractivity contribution in [1.29, 1.82) is 0 Å². The SMILES string of the molecule is CCCN(C)CC1CCCCCSC1. The second-order valence-corrected chi connectivity index (χ2v) is 5.70. The molecule has 1 unspecified atom stereocenters. The predicted molar refractivity (Wildman–Crippen MR) is 67.1 cm³/mol. The van der Waals surface area contributed by atoms with Gasteiger partial charge in [0.15, 0.2) is 0 Å². The summed E-state index contributed by atoms with van der Waals surface area (Å²) in [5.41, 5.74) is 0. The predicted octanol–water partition coefficient (Wildman–Crippen LogP) is 3.25. The summed E-state index contributed by atoms with van der Waals surface area (Å²) in [7, 11) is 2.27. The van der Waals surface area contributed by atoms with Crippen LogP contribution in [0.2, 0.25) is 0 Å². The number of rotatable bonds is 4. The van der Waals surface area contributed by atoms with Gasteiger partial charge in [0.25, 0.3) is 0 Å². The van der Waals surface area contributed by atoms with Gasteiger partial charge in [-0.15, -0.1) is 0 Å². The van der Waals surface area contributed by atoms with Crippen LogP contribution in [0, 0.1) is 5.92 Å². The molecule has 0 bridgehead atoms. The maximum Gasteiger partial charge on any atom is 0.00145 e. The van der Waals surface area contributed by atoms with E-state index in [1.54, 1.807) is 0 Å². The van der Waals surface area contributed by atoms with Gasteiger partial charge >= 0.3 is 0 Å². The van der Waals surface area contributed by atoms with Crippen LogP contribution >= 0.6 is 11.8 Å². The largest absolute Gasteiger partial charge is 0.306 e. The van der Waals surface area contributed by atoms with E-state index >= 15 is 0 Å². The molecule has 2 heteroatoms. The molecule has 1 saturated heterocycles. The van der Waals surface area contributed by atoms with Crippen LogP contribution < -0.4 is 0 Å². The van der Waals surface area contributed by atoms with Crippen LogP contribution in [0.1, 0.15) is 39.0 Å². The van der Waals surface area contributed by atoms with Crippen molar-refractivity contribution in [3.8, 4) is 0 Å². The topological polar surface area (TPSA) is 3.24 Å². The Morgan fingerprint density at radius 3 is 2.93 bits per heavy atom. The minimum absolute atomic E-state index is 0.955. The fourth-order valence-corrected chi connectivity index (χ4v) is 3.39. The van der Waals surface area contributed by atoms with Crippen LogP contribution in [0.4, 0.5) is 0 Å². The third-order valence-electron chi connectivity index (χ3n) is 2.93. The van der Waals surface area contributed by atoms with Gasteiger partial charge in [0.1, 0.15) is 0 Å². The van der Waals surface area contributed by atoms with Gasteiger partial charge in [0.05, 0.1) is 0 Å². The molecule has 1 atom stereocenters. The lowest BCUT2D eigenvalue weighted by Gasteiger charge is -2.24. The molecule has 0 aromatic heterocycles. The Morgan fingerprint density at radius 2 is 2.14 bits per heavy atom. The third kappa shape index (κ3) is 5.26. The molecule has 0 amide bonds. The lowest BCUT2D eigenvalue weighted by atomic mass is 10.0. The average Bonchev–Trinajstić information content (AvgIpc) is 2.10. The Hall–Kier alpha value is 0.310. The fraction of sp³-hybridized carbons (Fsp3) is 1.00. The summed E-state index contributed by atoms with van der Waals surface area (Å²) in [6.07, 6.45) is 7.12. The minimum Gasteiger partial charge on any atom is -0.306 e. The van der Waals surface area contributed by atoms with Crippen molar-refractivity contribution in [3.63, 3.8) is 0 Å². The second-order valence-electron chi connectivity index (χ2n) is 4.55. The normalized spacial score (nSPS) is 24.6. The van der Waals surface area contributed by atoms with E-state index < -0.39 is 0 Å². The molecule has 0 radical (unpaired) electrons. The molecule has 1 nitrogen and oxygen atoms in total. The minimum atomic E-state index is 0.955. The van der Waals surface area contributed by atoms with Crippen molar-refractivity contribution in [3.05, 3.63) is 0 Å². The molecule has 1 heterocycles. The zero-order chi connectivity index (χ0) is 10.2. The van der Waals surface area contributed by atoms with E-state index in [0.29, 0.717) is 0 Å². The number of nitrogens with zero attached hydrogens (tertiary/aromatic N) is 1. The average molecular weight is 215 g/mol. The van der Waals surface area contributed by atoms with Crippen LogP contribution in [0.25, 0.3) is 0 Å². The quantitative estimate of drug-likeness (QED) is 0.708. The first-order chi connectivity index (χ1) is 6.83. The van der Waals surface area contributed by atoms with E-state index in [1.807, 2.05) is 0 Å². The standard InChI is InChI=1S/C12H25NS/c1-3-8-13(2)10-12-7-5-4-6-9-14-11-12/h12H,3-11H2,1-2H3. The smallest absolute Gasteiger partial charge is 0.00145 e. The number of hydrogen-bond donors (Lipinski definition) is 0. The maximum atomic E-state index is 2.51. The molecule has 84 valence electrons. The molecule has 1 aliphatic rings. The van der Waals surface area contributed by atoms with Crippen LogP contribution in [-0.4, -0.2) is 36.5 Å². The maximum absolute atomic E-state index is 2.51. The number of hydrogen-bond acceptors (Lipinski definition) is 2. The lowest BCUT2D eigenvalue weighted by Crippen LogP contribution is -2.28. The van der Waals surface area contributed by atoms with E-state index in [0.717, 1.165) is 5.92 Å². The molecular weight excluding hydrogens is 190 g/mol. The van der Waals surface area contributed by atoms with E-state index in [1.165, 1.54) is 56.7 Å². The van der Waals surface area contributed by atoms with Gasteiger partial charge in [0, 0.05) is 6.54 Å². The summed E-state index contributed by atoms with van der Waals surface area (Å²) in [5, 5.41) is 0. The monoisotopic (exact) mass is 215 g/mol. The van der Waals surface area contributed by atoms with Crippen LogP contribution in [0.3, 0.4) is 0 Å². The van der Waals surface area contributed by atoms with E-state index in [9.17, 15) is 0 Å². The van der Waals surface area contributed by atoms with Crippen LogP contribution in [0.15, 0.2) is 0 Å². The molecule has 1 aliphatic heterocycles. The molecule has 0 spiro atoms. The Kier molecular flexibility index (Phi) is 6.70. The lowest BCUT2D eigenvalue weighted by molar-refractivity contribution is 0.277. The molecule has 0 aromatic carbocycles. The van der Waals surface area contributed by atoms with Crippen molar-refractivity contribution in [1.82, 2.24) is 4.90 Å². The number of thioether (sulfide) groups is 1. The molecule has 0 N–H and O–H groups in total. The Morgan fingerprint density at radius 1 is 1.29 bits per heavy atom. The van der Waals surface area contributed by atoms with Crippen molar-refractivity contribution in [2.24, 2.45) is 5.92 Å². The van der Waals surface area contributed by atoms with E-state index in [-0.39, 0.29) is 0 Å². The van der Waals surface area contributed by atoms with Crippen molar-refractivity contribution in [2.75, 3.05) is 31.6 Å². The molecule has 0 aliphatic carbocycles. The molecule has 14 heavy (non-hydrogen) atoms. The van der Waals surface area contributed by atoms with Gasteiger partial charge in [-0.05, 0) is 50.3 Å². The molecular formula is C12H25NS. The van der Waals surface area contributed by atoms with Gasteiger partial charge in [0.2, 0.25) is 0 Å². The van der Waals surface area contributed by atoms with Gasteiger partial charge in [-0.3, -0.25) is 0 Å². The first-order valence-electron chi connectivity index (χ1n) is 6.09. The highest BCUT2D eigenvalue weighted by molar-refractivity contribution is 7.99. The summed E-state index contributed by atoms with van der Waals surface area (Å²) in [6, 6.07) is 0. The first kappa shape index (κ1) is 12.4. The van der Waals surface area contributed by atoms with Gasteiger partial charge in [-0.2, -0.15) is 11.8 Å². The van der Waals surface area contributed by atoms with Gasteiger partial charge in [-0.25, -0.2) is 0 Å². The van der Waals surface area contributed by atoms with Crippen molar-refractivity contribution in [2.45, 2.75) is 39.0 Å². The van der Waals surface area contributed by atoms with E-state index in [4.69, 9.17) is 0 Å². The summed E-state index contributed by atoms with van der Waals surface area (Å²) in [5.74, 6) is 3.75. The van der Waals surface area contributed by atoms with Gasteiger partial charge in [-0.1, -0.05) is 19.8 Å². The summed E-state index contributed by atoms with van der Waals surface area (Å²) >= 11 is 2.17. The Bertz CT molecular complexity index is 130. The van der Waals surface area contributed by atoms with Crippen LogP contribution in [-0.2, 0) is 0 Å². The zero-order valence-electron chi connectivity index (χ0n) is 9.80. The zero-order valence-corrected chi connectivity index (χ0v) is 10.6. The molecule has 1 rings (SSSR count). The van der Waals surface area contributed by atoms with Crippen molar-refractivity contribution < 1.29 is 0 Å². The molecule has 1 fully saturated rings. The first-order valence-corrected chi connectivity index (χ1v) is 7.24. The van der Waals surface area contributed by atoms with E-state index in [2.05, 4.69) is 30.6 Å². The summed E-state index contributed by atoms with van der Waals surface area (Å²) < 4.78 is 0. The highest BCUT2D eigenvalue weighted by atomic mass is 32.2. The van der Waals surface area contributed by atoms with Crippen LogP contribution in [0.5, 0.6) is 0 Å². The third-order valence-corrected chi connectivity index (χ3v) is 4.21. The fourth-order valence-electron chi connectivity index (χ4n) is 2.21. The molecule has 0 saturated carbocycles. The summed E-state index contributed by atoms with van der Waals surface area (Å²) in [4.78, 5) is 2.51. The van der Waals surface area contributed by atoms with Crippen molar-refractivity contribution >= 4 is 11.8 Å².